The van der Waals surface area contributed by atoms with Crippen molar-refractivity contribution < 1.29 is 23.4 Å². The van der Waals surface area contributed by atoms with Crippen LogP contribution in [0, 0.1) is 11.7 Å². The molecule has 0 radical (unpaired) electrons. The number of fused-ring (bicyclic) bond motifs is 1. The molecule has 5 nitrogen and oxygen atoms in total. The van der Waals surface area contributed by atoms with Crippen LogP contribution in [0.5, 0.6) is 11.5 Å². The van der Waals surface area contributed by atoms with Gasteiger partial charge in [-0.1, -0.05) is 12.1 Å². The molecule has 2 unspecified atom stereocenters. The average Bonchev–Trinajstić information content (AvgIpc) is 3.14. The third-order valence-electron chi connectivity index (χ3n) is 5.61. The van der Waals surface area contributed by atoms with E-state index in [9.17, 15) is 9.18 Å². The van der Waals surface area contributed by atoms with Crippen LogP contribution in [-0.4, -0.2) is 44.7 Å². The van der Waals surface area contributed by atoms with E-state index < -0.39 is 5.97 Å². The van der Waals surface area contributed by atoms with Crippen molar-refractivity contribution in [1.82, 2.24) is 4.90 Å². The highest BCUT2D eigenvalue weighted by atomic mass is 19.1. The van der Waals surface area contributed by atoms with Crippen LogP contribution in [0.2, 0.25) is 0 Å². The monoisotopic (exact) mass is 413 g/mol. The van der Waals surface area contributed by atoms with E-state index in [2.05, 4.69) is 11.9 Å². The highest BCUT2D eigenvalue weighted by Crippen LogP contribution is 2.35. The van der Waals surface area contributed by atoms with Crippen LogP contribution < -0.4 is 9.47 Å². The Balaban J connectivity index is 0.000000216. The maximum Gasteiger partial charge on any atom is 0.343 e. The van der Waals surface area contributed by atoms with E-state index in [0.717, 1.165) is 36.6 Å². The number of para-hydroxylation sites is 2. The van der Waals surface area contributed by atoms with E-state index >= 15 is 0 Å². The van der Waals surface area contributed by atoms with Crippen molar-refractivity contribution in [1.29, 1.82) is 0 Å². The molecule has 0 amide bonds. The summed E-state index contributed by atoms with van der Waals surface area (Å²) in [6.07, 6.45) is 5.01. The number of esters is 1. The van der Waals surface area contributed by atoms with Crippen LogP contribution in [-0.2, 0) is 4.74 Å². The Morgan fingerprint density at radius 1 is 1.03 bits per heavy atom. The standard InChI is InChI=1S/C16H18FNO2.C8H10O2/c1-18-9-8-11-4-7-14(10-15(11)18)20-16(19)12-2-5-13(17)6-3-12;1-9-7-5-3-4-6-8(7)10-2/h2-3,5-7,11,15H,4,8-10H2,1H3;3-6H,1-2H3. The Morgan fingerprint density at radius 2 is 1.67 bits per heavy atom. The fourth-order valence-electron chi connectivity index (χ4n) is 3.89. The first-order valence-electron chi connectivity index (χ1n) is 10.1. The Bertz CT molecular complexity index is 858. The van der Waals surface area contributed by atoms with E-state index in [1.807, 2.05) is 30.3 Å². The van der Waals surface area contributed by atoms with Crippen LogP contribution in [0.3, 0.4) is 0 Å². The van der Waals surface area contributed by atoms with Crippen LogP contribution in [0.25, 0.3) is 0 Å². The molecule has 2 aromatic carbocycles. The van der Waals surface area contributed by atoms with Gasteiger partial charge in [-0.05, 0) is 74.8 Å². The summed E-state index contributed by atoms with van der Waals surface area (Å²) in [7, 11) is 5.37. The maximum absolute atomic E-state index is 12.8. The van der Waals surface area contributed by atoms with Gasteiger partial charge in [0.15, 0.2) is 11.5 Å². The fraction of sp³-hybridized carbons (Fsp3) is 0.375. The molecule has 1 saturated heterocycles. The van der Waals surface area contributed by atoms with Crippen molar-refractivity contribution in [2.45, 2.75) is 25.3 Å². The summed E-state index contributed by atoms with van der Waals surface area (Å²) in [6, 6.07) is 13.5. The Morgan fingerprint density at radius 3 is 2.27 bits per heavy atom. The molecule has 0 N–H and O–H groups in total. The number of allylic oxidation sites excluding steroid dienone is 1. The number of likely N-dealkylation sites (tertiary alicyclic amines) is 1. The summed E-state index contributed by atoms with van der Waals surface area (Å²) in [4.78, 5) is 14.3. The van der Waals surface area contributed by atoms with Gasteiger partial charge in [-0.2, -0.15) is 0 Å². The second kappa shape index (κ2) is 10.3. The number of nitrogens with zero attached hydrogens (tertiary/aromatic N) is 1. The summed E-state index contributed by atoms with van der Waals surface area (Å²) in [5, 5.41) is 0. The smallest absolute Gasteiger partial charge is 0.343 e. The molecule has 0 spiro atoms. The van der Waals surface area contributed by atoms with Crippen molar-refractivity contribution in [3.05, 3.63) is 71.7 Å². The second-order valence-corrected chi connectivity index (χ2v) is 7.46. The van der Waals surface area contributed by atoms with Crippen LogP contribution >= 0.6 is 0 Å². The van der Waals surface area contributed by atoms with Gasteiger partial charge in [-0.3, -0.25) is 0 Å². The number of rotatable bonds is 4. The van der Waals surface area contributed by atoms with Crippen molar-refractivity contribution in [2.75, 3.05) is 27.8 Å². The molecule has 2 aromatic rings. The molecule has 1 aliphatic carbocycles. The highest BCUT2D eigenvalue weighted by Gasteiger charge is 2.35. The topological polar surface area (TPSA) is 48.0 Å². The number of methoxy groups -OCH3 is 2. The molecule has 1 fully saturated rings. The lowest BCUT2D eigenvalue weighted by Gasteiger charge is -2.28. The number of ether oxygens (including phenoxy) is 3. The predicted octanol–water partition coefficient (Wildman–Crippen LogP) is 4.68. The van der Waals surface area contributed by atoms with Crippen LogP contribution in [0.1, 0.15) is 29.6 Å². The summed E-state index contributed by atoms with van der Waals surface area (Å²) in [5.74, 6) is 2.21. The second-order valence-electron chi connectivity index (χ2n) is 7.46. The SMILES string of the molecule is CN1CCC2CC=C(OC(=O)c3ccc(F)cc3)CC21.COc1ccccc1OC. The molecule has 2 atom stereocenters. The third kappa shape index (κ3) is 5.39. The third-order valence-corrected chi connectivity index (χ3v) is 5.61. The van der Waals surface area contributed by atoms with Crippen molar-refractivity contribution in [3.8, 4) is 11.5 Å². The molecule has 6 heteroatoms. The lowest BCUT2D eigenvalue weighted by molar-refractivity contribution is 0.0587. The minimum atomic E-state index is -0.407. The van der Waals surface area contributed by atoms with Gasteiger partial charge < -0.3 is 19.1 Å². The van der Waals surface area contributed by atoms with E-state index in [4.69, 9.17) is 14.2 Å². The first-order chi connectivity index (χ1) is 14.5. The minimum absolute atomic E-state index is 0.353. The predicted molar refractivity (Wildman–Crippen MR) is 113 cm³/mol. The van der Waals surface area contributed by atoms with Gasteiger partial charge in [0.2, 0.25) is 0 Å². The van der Waals surface area contributed by atoms with Gasteiger partial charge in [0, 0.05) is 12.5 Å². The Kier molecular flexibility index (Phi) is 7.46. The number of hydrogen-bond acceptors (Lipinski definition) is 5. The Hall–Kier alpha value is -2.86. The maximum atomic E-state index is 12.8. The first-order valence-corrected chi connectivity index (χ1v) is 10.1. The minimum Gasteiger partial charge on any atom is -0.493 e. The molecular weight excluding hydrogens is 385 g/mol. The van der Waals surface area contributed by atoms with Gasteiger partial charge in [-0.25, -0.2) is 9.18 Å². The normalized spacial score (nSPS) is 20.3. The van der Waals surface area contributed by atoms with E-state index in [-0.39, 0.29) is 5.82 Å². The van der Waals surface area contributed by atoms with Gasteiger partial charge >= 0.3 is 5.97 Å². The molecule has 0 aromatic heterocycles. The van der Waals surface area contributed by atoms with E-state index in [1.165, 1.54) is 30.7 Å². The molecule has 1 aliphatic heterocycles. The summed E-state index contributed by atoms with van der Waals surface area (Å²) in [5.41, 5.74) is 0.384. The molecule has 160 valence electrons. The number of carbonyl (C=O) groups excluding carboxylic acids is 1. The first kappa shape index (κ1) is 21.8. The van der Waals surface area contributed by atoms with Gasteiger partial charge in [0.25, 0.3) is 0 Å². The number of hydrogen-bond donors (Lipinski definition) is 0. The fourth-order valence-corrected chi connectivity index (χ4v) is 3.89. The molecule has 2 aliphatic rings. The molecule has 0 saturated carbocycles. The molecule has 4 rings (SSSR count). The molecule has 0 bridgehead atoms. The summed E-state index contributed by atoms with van der Waals surface area (Å²) < 4.78 is 28.3. The quantitative estimate of drug-likeness (QED) is 0.681. The van der Waals surface area contributed by atoms with E-state index in [1.54, 1.807) is 14.2 Å². The number of benzene rings is 2. The average molecular weight is 413 g/mol. The molecular formula is C24H28FNO4. The lowest BCUT2D eigenvalue weighted by atomic mass is 9.89. The van der Waals surface area contributed by atoms with Gasteiger partial charge in [0.1, 0.15) is 11.6 Å². The van der Waals surface area contributed by atoms with Crippen molar-refractivity contribution in [2.24, 2.45) is 5.92 Å². The largest absolute Gasteiger partial charge is 0.493 e. The van der Waals surface area contributed by atoms with Crippen LogP contribution in [0.4, 0.5) is 4.39 Å². The Labute approximate surface area is 177 Å². The number of halogens is 1. The lowest BCUT2D eigenvalue weighted by Crippen LogP contribution is -2.32. The summed E-state index contributed by atoms with van der Waals surface area (Å²) >= 11 is 0. The summed E-state index contributed by atoms with van der Waals surface area (Å²) in [6.45, 7) is 1.11. The van der Waals surface area contributed by atoms with Gasteiger partial charge in [0.05, 0.1) is 19.8 Å². The van der Waals surface area contributed by atoms with Crippen LogP contribution in [0.15, 0.2) is 60.4 Å². The molecule has 30 heavy (non-hydrogen) atoms. The zero-order valence-electron chi connectivity index (χ0n) is 17.6. The number of carbonyl (C=O) groups is 1. The zero-order valence-corrected chi connectivity index (χ0v) is 17.6. The van der Waals surface area contributed by atoms with Crippen molar-refractivity contribution in [3.63, 3.8) is 0 Å². The van der Waals surface area contributed by atoms with E-state index in [0.29, 0.717) is 17.5 Å². The van der Waals surface area contributed by atoms with Crippen molar-refractivity contribution >= 4 is 5.97 Å². The highest BCUT2D eigenvalue weighted by molar-refractivity contribution is 5.90. The zero-order chi connectivity index (χ0) is 21.5. The van der Waals surface area contributed by atoms with Gasteiger partial charge in [-0.15, -0.1) is 0 Å². The molecule has 1 heterocycles.